The lowest BCUT2D eigenvalue weighted by Gasteiger charge is -2.34. The van der Waals surface area contributed by atoms with Gasteiger partial charge >= 0.3 is 6.03 Å². The Bertz CT molecular complexity index is 960. The second kappa shape index (κ2) is 8.65. The molecule has 0 aromatic carbocycles. The molecule has 5 rings (SSSR count). The third-order valence-corrected chi connectivity index (χ3v) is 7.61. The summed E-state index contributed by atoms with van der Waals surface area (Å²) in [4.78, 5) is 19.0. The highest BCUT2D eigenvalue weighted by molar-refractivity contribution is 5.97. The summed E-state index contributed by atoms with van der Waals surface area (Å²) in [6.07, 6.45) is 14.2. The maximum absolute atomic E-state index is 12.8. The van der Waals surface area contributed by atoms with E-state index in [2.05, 4.69) is 28.7 Å². The molecule has 31 heavy (non-hydrogen) atoms. The summed E-state index contributed by atoms with van der Waals surface area (Å²) >= 11 is 0. The van der Waals surface area contributed by atoms with Crippen LogP contribution in [0.4, 0.5) is 10.5 Å². The number of urea groups is 1. The minimum atomic E-state index is -0.0225. The van der Waals surface area contributed by atoms with E-state index in [0.717, 1.165) is 41.6 Å². The summed E-state index contributed by atoms with van der Waals surface area (Å²) in [7, 11) is 1.80. The first-order valence-corrected chi connectivity index (χ1v) is 12.0. The molecule has 2 amide bonds. The van der Waals surface area contributed by atoms with E-state index < -0.39 is 0 Å². The minimum Gasteiger partial charge on any atom is -0.303 e. The SMILES string of the molecule is C=C1CCN(c2cnn3ccc(CC4CCN(CC5CCCCC5)C4)cc23)C(=O)N1C. The number of hydrogen-bond acceptors (Lipinski definition) is 3. The Hall–Kier alpha value is -2.34. The lowest BCUT2D eigenvalue weighted by molar-refractivity contribution is 0.219. The fourth-order valence-electron chi connectivity index (χ4n) is 5.70. The third-order valence-electron chi connectivity index (χ3n) is 7.61. The first kappa shape index (κ1) is 20.6. The predicted molar refractivity (Wildman–Crippen MR) is 124 cm³/mol. The molecule has 1 saturated carbocycles. The van der Waals surface area contributed by atoms with Crippen LogP contribution in [0, 0.1) is 11.8 Å². The number of amides is 2. The molecule has 0 N–H and O–H groups in total. The molecular weight excluding hydrogens is 386 g/mol. The summed E-state index contributed by atoms with van der Waals surface area (Å²) < 4.78 is 1.89. The fourth-order valence-corrected chi connectivity index (χ4v) is 5.70. The molecule has 2 aromatic heterocycles. The molecule has 2 aromatic rings. The molecule has 166 valence electrons. The van der Waals surface area contributed by atoms with Crippen molar-refractivity contribution in [3.8, 4) is 0 Å². The maximum Gasteiger partial charge on any atom is 0.328 e. The van der Waals surface area contributed by atoms with Crippen LogP contribution >= 0.6 is 0 Å². The van der Waals surface area contributed by atoms with Crippen molar-refractivity contribution >= 4 is 17.2 Å². The van der Waals surface area contributed by atoms with Crippen LogP contribution in [0.15, 0.2) is 36.8 Å². The largest absolute Gasteiger partial charge is 0.328 e. The van der Waals surface area contributed by atoms with E-state index in [1.807, 2.05) is 21.8 Å². The van der Waals surface area contributed by atoms with Gasteiger partial charge < -0.3 is 9.80 Å². The Morgan fingerprint density at radius 3 is 2.81 bits per heavy atom. The highest BCUT2D eigenvalue weighted by Crippen LogP contribution is 2.30. The molecule has 2 saturated heterocycles. The van der Waals surface area contributed by atoms with Gasteiger partial charge in [0.2, 0.25) is 0 Å². The first-order chi connectivity index (χ1) is 15.1. The van der Waals surface area contributed by atoms with Gasteiger partial charge in [0.25, 0.3) is 0 Å². The molecular formula is C25H35N5O. The van der Waals surface area contributed by atoms with E-state index in [1.165, 1.54) is 63.7 Å². The normalized spacial score (nSPS) is 24.0. The molecule has 1 atom stereocenters. The van der Waals surface area contributed by atoms with E-state index in [0.29, 0.717) is 6.54 Å². The van der Waals surface area contributed by atoms with Gasteiger partial charge in [0, 0.05) is 45.0 Å². The van der Waals surface area contributed by atoms with Crippen LogP contribution in [-0.4, -0.2) is 58.7 Å². The Kier molecular flexibility index (Phi) is 5.74. The maximum atomic E-state index is 12.8. The number of likely N-dealkylation sites (tertiary alicyclic amines) is 1. The van der Waals surface area contributed by atoms with Crippen molar-refractivity contribution in [1.29, 1.82) is 0 Å². The predicted octanol–water partition coefficient (Wildman–Crippen LogP) is 4.55. The van der Waals surface area contributed by atoms with E-state index in [1.54, 1.807) is 11.9 Å². The van der Waals surface area contributed by atoms with Crippen LogP contribution in [0.5, 0.6) is 0 Å². The number of hydrogen-bond donors (Lipinski definition) is 0. The highest BCUT2D eigenvalue weighted by atomic mass is 16.2. The van der Waals surface area contributed by atoms with E-state index >= 15 is 0 Å². The van der Waals surface area contributed by atoms with Crippen molar-refractivity contribution in [3.05, 3.63) is 42.4 Å². The van der Waals surface area contributed by atoms with Gasteiger partial charge in [0.1, 0.15) is 0 Å². The monoisotopic (exact) mass is 421 g/mol. The first-order valence-electron chi connectivity index (χ1n) is 12.0. The number of aromatic nitrogens is 2. The van der Waals surface area contributed by atoms with Gasteiger partial charge in [-0.25, -0.2) is 9.31 Å². The summed E-state index contributed by atoms with van der Waals surface area (Å²) in [6.45, 7) is 8.43. The van der Waals surface area contributed by atoms with Crippen LogP contribution < -0.4 is 4.90 Å². The smallest absolute Gasteiger partial charge is 0.303 e. The van der Waals surface area contributed by atoms with Crippen LogP contribution in [-0.2, 0) is 6.42 Å². The summed E-state index contributed by atoms with van der Waals surface area (Å²) in [6, 6.07) is 4.41. The van der Waals surface area contributed by atoms with Crippen molar-refractivity contribution in [3.63, 3.8) is 0 Å². The third kappa shape index (κ3) is 4.22. The van der Waals surface area contributed by atoms with Crippen LogP contribution in [0.2, 0.25) is 0 Å². The van der Waals surface area contributed by atoms with E-state index in [4.69, 9.17) is 0 Å². The molecule has 0 bridgehead atoms. The van der Waals surface area contributed by atoms with E-state index in [9.17, 15) is 4.79 Å². The number of rotatable bonds is 5. The van der Waals surface area contributed by atoms with Gasteiger partial charge in [-0.15, -0.1) is 0 Å². The fraction of sp³-hybridized carbons (Fsp3) is 0.600. The Morgan fingerprint density at radius 2 is 1.97 bits per heavy atom. The number of carbonyl (C=O) groups excluding carboxylic acids is 1. The standard InChI is InChI=1S/C25H35N5O/c1-19-8-12-29(25(31)27(19)2)24-16-26-30-13-10-21(15-23(24)30)14-22-9-11-28(18-22)17-20-6-4-3-5-7-20/h10,13,15-16,20,22H,1,3-9,11-12,14,17-18H2,2H3. The van der Waals surface area contributed by atoms with Gasteiger partial charge in [-0.3, -0.25) is 4.90 Å². The van der Waals surface area contributed by atoms with Crippen LogP contribution in [0.1, 0.15) is 50.5 Å². The van der Waals surface area contributed by atoms with Crippen molar-refractivity contribution in [2.75, 3.05) is 38.1 Å². The molecule has 1 unspecified atom stereocenters. The van der Waals surface area contributed by atoms with Crippen molar-refractivity contribution in [1.82, 2.24) is 19.4 Å². The number of fused-ring (bicyclic) bond motifs is 1. The lowest BCUT2D eigenvalue weighted by atomic mass is 9.89. The Morgan fingerprint density at radius 1 is 1.13 bits per heavy atom. The summed E-state index contributed by atoms with van der Waals surface area (Å²) in [5.74, 6) is 1.65. The molecule has 2 aliphatic heterocycles. The zero-order valence-electron chi connectivity index (χ0n) is 18.8. The van der Waals surface area contributed by atoms with Gasteiger partial charge in [0.15, 0.2) is 0 Å². The number of anilines is 1. The number of carbonyl (C=O) groups is 1. The zero-order valence-corrected chi connectivity index (χ0v) is 18.8. The second-order valence-corrected chi connectivity index (χ2v) is 9.83. The average Bonchev–Trinajstić information content (AvgIpc) is 3.40. The molecule has 6 heteroatoms. The molecule has 0 radical (unpaired) electrons. The molecule has 3 fully saturated rings. The number of nitrogens with zero attached hydrogens (tertiary/aromatic N) is 5. The zero-order chi connectivity index (χ0) is 21.4. The summed E-state index contributed by atoms with van der Waals surface area (Å²) in [5, 5.41) is 4.50. The van der Waals surface area contributed by atoms with Crippen molar-refractivity contribution in [2.24, 2.45) is 11.8 Å². The van der Waals surface area contributed by atoms with Gasteiger partial charge in [-0.05, 0) is 61.8 Å². The topological polar surface area (TPSA) is 44.1 Å². The minimum absolute atomic E-state index is 0.0225. The van der Waals surface area contributed by atoms with Crippen molar-refractivity contribution in [2.45, 2.75) is 51.4 Å². The van der Waals surface area contributed by atoms with Crippen LogP contribution in [0.3, 0.4) is 0 Å². The Labute approximate surface area is 185 Å². The number of pyridine rings is 1. The van der Waals surface area contributed by atoms with Gasteiger partial charge in [-0.2, -0.15) is 5.10 Å². The van der Waals surface area contributed by atoms with Gasteiger partial charge in [-0.1, -0.05) is 25.8 Å². The molecule has 0 spiro atoms. The lowest BCUT2D eigenvalue weighted by Crippen LogP contribution is -2.46. The molecule has 1 aliphatic carbocycles. The summed E-state index contributed by atoms with van der Waals surface area (Å²) in [5.41, 5.74) is 4.14. The quantitative estimate of drug-likeness (QED) is 0.711. The highest BCUT2D eigenvalue weighted by Gasteiger charge is 2.29. The van der Waals surface area contributed by atoms with E-state index in [-0.39, 0.29) is 6.03 Å². The Balaban J connectivity index is 1.26. The average molecular weight is 422 g/mol. The van der Waals surface area contributed by atoms with Gasteiger partial charge in [0.05, 0.1) is 17.4 Å². The molecule has 3 aliphatic rings. The van der Waals surface area contributed by atoms with Crippen molar-refractivity contribution < 1.29 is 4.79 Å². The molecule has 6 nitrogen and oxygen atoms in total. The van der Waals surface area contributed by atoms with Crippen LogP contribution in [0.25, 0.3) is 5.52 Å². The molecule has 4 heterocycles. The second-order valence-electron chi connectivity index (χ2n) is 9.83.